The van der Waals surface area contributed by atoms with Crippen LogP contribution in [0.15, 0.2) is 75.3 Å². The molecule has 0 radical (unpaired) electrons. The molecule has 0 saturated carbocycles. The number of nitrogen functional groups attached to an aromatic ring is 1. The third kappa shape index (κ3) is 6.56. The lowest BCUT2D eigenvalue weighted by Gasteiger charge is -2.04. The number of hydrogen-bond donors (Lipinski definition) is 3. The summed E-state index contributed by atoms with van der Waals surface area (Å²) in [7, 11) is 0. The molecule has 10 nitrogen and oxygen atoms in total. The number of hydrazone groups is 1. The third-order valence-electron chi connectivity index (χ3n) is 4.37. The van der Waals surface area contributed by atoms with Gasteiger partial charge in [-0.25, -0.2) is 10.1 Å². The van der Waals surface area contributed by atoms with E-state index in [2.05, 4.69) is 48.4 Å². The number of nitrogens with one attached hydrogen (secondary N) is 2. The number of nitrogens with two attached hydrogens (primary N) is 1. The molecule has 4 rings (SSSR count). The number of carbonyl (C=O) groups is 1. The highest BCUT2D eigenvalue weighted by atomic mass is 32.2. The van der Waals surface area contributed by atoms with Gasteiger partial charge in [-0.1, -0.05) is 95.5 Å². The smallest absolute Gasteiger partial charge is 0.264 e. The second-order valence-corrected chi connectivity index (χ2v) is 9.98. The molecule has 0 spiro atoms. The summed E-state index contributed by atoms with van der Waals surface area (Å²) in [6, 6.07) is 19.8. The zero-order valence-corrected chi connectivity index (χ0v) is 20.5. The summed E-state index contributed by atoms with van der Waals surface area (Å²) in [5.41, 5.74) is 5.75. The number of benzene rings is 2. The molecule has 0 unspecified atom stereocenters. The minimum Gasteiger partial charge on any atom is -0.334 e. The number of carbonyl (C=O) groups excluding carboxylic acids is 1. The second kappa shape index (κ2) is 11.6. The highest BCUT2D eigenvalue weighted by Crippen LogP contribution is 2.28. The first kappa shape index (κ1) is 23.7. The molecule has 0 aliphatic carbocycles. The molecular weight excluding hydrogens is 490 g/mol. The van der Waals surface area contributed by atoms with Crippen molar-refractivity contribution >= 4 is 57.6 Å². The highest BCUT2D eigenvalue weighted by Gasteiger charge is 2.14. The van der Waals surface area contributed by atoms with E-state index in [1.807, 2.05) is 55.5 Å². The van der Waals surface area contributed by atoms with Gasteiger partial charge >= 0.3 is 0 Å². The Labute approximate surface area is 208 Å². The van der Waals surface area contributed by atoms with Gasteiger partial charge in [0.2, 0.25) is 16.2 Å². The van der Waals surface area contributed by atoms with Crippen LogP contribution in [0.3, 0.4) is 0 Å². The Morgan fingerprint density at radius 1 is 1.03 bits per heavy atom. The average molecular weight is 512 g/mol. The van der Waals surface area contributed by atoms with E-state index in [0.717, 1.165) is 33.1 Å². The van der Waals surface area contributed by atoms with Crippen LogP contribution in [0.1, 0.15) is 18.1 Å². The largest absolute Gasteiger partial charge is 0.334 e. The van der Waals surface area contributed by atoms with Crippen LogP contribution in [0.5, 0.6) is 0 Å². The normalized spacial score (nSPS) is 11.4. The van der Waals surface area contributed by atoms with Crippen LogP contribution in [-0.2, 0) is 10.5 Å². The summed E-state index contributed by atoms with van der Waals surface area (Å²) >= 11 is 4.06. The van der Waals surface area contributed by atoms with Crippen LogP contribution in [0, 0.1) is 0 Å². The molecule has 2 aromatic heterocycles. The van der Waals surface area contributed by atoms with E-state index in [0.29, 0.717) is 10.3 Å². The van der Waals surface area contributed by atoms with E-state index in [-0.39, 0.29) is 17.6 Å². The van der Waals surface area contributed by atoms with Crippen molar-refractivity contribution in [2.75, 3.05) is 22.3 Å². The van der Waals surface area contributed by atoms with Gasteiger partial charge in [0.1, 0.15) is 0 Å². The standard InChI is InChI=1S/C21H21N9OS3/c1-14(16-10-6-3-7-11-16)24-25-18-26-28-20(30(18)22)32-13-17(31)23-19-27-29-21(34-19)33-12-15-8-4-2-5-9-15/h2-11H,12-13,22H2,1H3,(H,25,26)(H,23,27,31)/b24-14+. The van der Waals surface area contributed by atoms with Gasteiger partial charge in [0.15, 0.2) is 4.34 Å². The quantitative estimate of drug-likeness (QED) is 0.0957. The van der Waals surface area contributed by atoms with Gasteiger partial charge in [0.05, 0.1) is 11.5 Å². The zero-order valence-electron chi connectivity index (χ0n) is 18.1. The third-order valence-corrected chi connectivity index (χ3v) is 7.36. The molecule has 4 aromatic rings. The molecule has 0 bridgehead atoms. The first-order chi connectivity index (χ1) is 16.6. The lowest BCUT2D eigenvalue weighted by atomic mass is 10.1. The van der Waals surface area contributed by atoms with Crippen molar-refractivity contribution in [1.29, 1.82) is 0 Å². The molecule has 0 atom stereocenters. The van der Waals surface area contributed by atoms with Crippen LogP contribution in [0.25, 0.3) is 0 Å². The van der Waals surface area contributed by atoms with Gasteiger partial charge in [-0.3, -0.25) is 10.1 Å². The lowest BCUT2D eigenvalue weighted by molar-refractivity contribution is -0.113. The summed E-state index contributed by atoms with van der Waals surface area (Å²) in [6.45, 7) is 1.87. The summed E-state index contributed by atoms with van der Waals surface area (Å²) in [5, 5.41) is 24.0. The summed E-state index contributed by atoms with van der Waals surface area (Å²) in [6.07, 6.45) is 0. The molecule has 2 aromatic carbocycles. The second-order valence-electron chi connectivity index (χ2n) is 6.84. The van der Waals surface area contributed by atoms with E-state index >= 15 is 0 Å². The Bertz CT molecular complexity index is 1260. The van der Waals surface area contributed by atoms with Crippen molar-refractivity contribution in [3.05, 3.63) is 71.8 Å². The summed E-state index contributed by atoms with van der Waals surface area (Å²) in [4.78, 5) is 12.3. The molecule has 0 fully saturated rings. The van der Waals surface area contributed by atoms with Crippen LogP contribution in [0.2, 0.25) is 0 Å². The Balaban J connectivity index is 1.25. The Kier molecular flexibility index (Phi) is 8.12. The fourth-order valence-electron chi connectivity index (χ4n) is 2.65. The van der Waals surface area contributed by atoms with Crippen LogP contribution >= 0.6 is 34.9 Å². The molecule has 1 amide bonds. The van der Waals surface area contributed by atoms with Crippen molar-refractivity contribution in [3.8, 4) is 0 Å². The predicted molar refractivity (Wildman–Crippen MR) is 138 cm³/mol. The number of rotatable bonds is 10. The molecular formula is C21H21N9OS3. The van der Waals surface area contributed by atoms with Gasteiger partial charge < -0.3 is 5.84 Å². The van der Waals surface area contributed by atoms with Crippen molar-refractivity contribution in [2.24, 2.45) is 5.10 Å². The fourth-order valence-corrected chi connectivity index (χ4v) is 5.03. The first-order valence-corrected chi connectivity index (χ1v) is 12.9. The number of aromatic nitrogens is 5. The van der Waals surface area contributed by atoms with Crippen molar-refractivity contribution in [2.45, 2.75) is 22.2 Å². The summed E-state index contributed by atoms with van der Waals surface area (Å²) in [5.74, 6) is 6.94. The molecule has 0 aliphatic rings. The number of thioether (sulfide) groups is 2. The monoisotopic (exact) mass is 511 g/mol. The molecule has 2 heterocycles. The van der Waals surface area contributed by atoms with Crippen molar-refractivity contribution in [1.82, 2.24) is 25.1 Å². The van der Waals surface area contributed by atoms with E-state index in [9.17, 15) is 4.79 Å². The van der Waals surface area contributed by atoms with E-state index < -0.39 is 0 Å². The SMILES string of the molecule is C/C(=N\Nc1nnc(SCC(=O)Nc2nnc(SCc3ccccc3)s2)n1N)c1ccccc1. The lowest BCUT2D eigenvalue weighted by Crippen LogP contribution is -2.17. The summed E-state index contributed by atoms with van der Waals surface area (Å²) < 4.78 is 2.04. The number of anilines is 2. The molecule has 34 heavy (non-hydrogen) atoms. The van der Waals surface area contributed by atoms with E-state index in [1.165, 1.54) is 21.6 Å². The molecule has 0 aliphatic heterocycles. The minimum absolute atomic E-state index is 0.0910. The van der Waals surface area contributed by atoms with Crippen LogP contribution in [-0.4, -0.2) is 42.4 Å². The molecule has 174 valence electrons. The molecule has 4 N–H and O–H groups in total. The highest BCUT2D eigenvalue weighted by molar-refractivity contribution is 8.00. The van der Waals surface area contributed by atoms with Crippen molar-refractivity contribution < 1.29 is 4.79 Å². The van der Waals surface area contributed by atoms with E-state index in [4.69, 9.17) is 5.84 Å². The predicted octanol–water partition coefficient (Wildman–Crippen LogP) is 3.70. The number of amides is 1. The van der Waals surface area contributed by atoms with Crippen LogP contribution < -0.4 is 16.6 Å². The molecule has 0 saturated heterocycles. The van der Waals surface area contributed by atoms with Gasteiger partial charge in [0.25, 0.3) is 5.95 Å². The Morgan fingerprint density at radius 2 is 1.76 bits per heavy atom. The van der Waals surface area contributed by atoms with Crippen LogP contribution in [0.4, 0.5) is 11.1 Å². The maximum atomic E-state index is 12.3. The maximum Gasteiger partial charge on any atom is 0.264 e. The van der Waals surface area contributed by atoms with E-state index in [1.54, 1.807) is 11.8 Å². The van der Waals surface area contributed by atoms with Gasteiger partial charge in [-0.05, 0) is 18.1 Å². The average Bonchev–Trinajstić information content (AvgIpc) is 3.47. The Hall–Kier alpha value is -3.42. The number of nitrogens with zero attached hydrogens (tertiary/aromatic N) is 6. The van der Waals surface area contributed by atoms with Gasteiger partial charge in [-0.15, -0.1) is 20.4 Å². The Morgan fingerprint density at radius 3 is 2.53 bits per heavy atom. The zero-order chi connectivity index (χ0) is 23.8. The topological polar surface area (TPSA) is 136 Å². The van der Waals surface area contributed by atoms with Gasteiger partial charge in [-0.2, -0.15) is 5.10 Å². The fraction of sp³-hybridized carbons (Fsp3) is 0.143. The van der Waals surface area contributed by atoms with Crippen molar-refractivity contribution in [3.63, 3.8) is 0 Å². The maximum absolute atomic E-state index is 12.3. The number of hydrogen-bond acceptors (Lipinski definition) is 11. The first-order valence-electron chi connectivity index (χ1n) is 10.1. The molecule has 13 heteroatoms. The minimum atomic E-state index is -0.240. The van der Waals surface area contributed by atoms with Gasteiger partial charge in [0, 0.05) is 5.75 Å².